The van der Waals surface area contributed by atoms with E-state index in [2.05, 4.69) is 16.0 Å². The van der Waals surface area contributed by atoms with E-state index >= 15 is 0 Å². The second-order valence-corrected chi connectivity index (χ2v) is 9.47. The van der Waals surface area contributed by atoms with Crippen molar-refractivity contribution in [1.82, 2.24) is 20.4 Å². The number of allylic oxidation sites excluding steroid dienone is 1. The van der Waals surface area contributed by atoms with Crippen LogP contribution in [0.3, 0.4) is 0 Å². The fourth-order valence-corrected chi connectivity index (χ4v) is 4.51. The van der Waals surface area contributed by atoms with E-state index in [1.807, 2.05) is 11.0 Å². The number of carbonyl (C=O) groups is 2. The third kappa shape index (κ3) is 6.68. The zero-order valence-electron chi connectivity index (χ0n) is 20.5. The predicted octanol–water partition coefficient (Wildman–Crippen LogP) is 2.74. The zero-order chi connectivity index (χ0) is 26.4. The number of nitrogens with one attached hydrogen (secondary N) is 3. The third-order valence-corrected chi connectivity index (χ3v) is 6.77. The van der Waals surface area contributed by atoms with Gasteiger partial charge in [-0.3, -0.25) is 9.59 Å². The SMILES string of the molecule is CN/C(=C\C1=C(N)NCCN1Cc1cc(Cl)ccc1Cl)C(=O)Nc1ccc(C(=O)N2CCOCC2)cc1. The standard InChI is InChI=1S/C26H30Cl2N6O3/c1-30-22(15-23-24(29)31-8-9-34(23)16-18-14-19(27)4-7-21(18)28)25(35)32-20-5-2-17(3-6-20)26(36)33-10-12-37-13-11-33/h2-7,14-15,30-31H,8-13,16,29H2,1H3,(H,32,35)/b22-15-. The number of morpholine rings is 1. The fraction of sp³-hybridized carbons (Fsp3) is 0.308. The molecular weight excluding hydrogens is 515 g/mol. The van der Waals surface area contributed by atoms with Crippen LogP contribution in [0.4, 0.5) is 5.69 Å². The number of nitrogens with two attached hydrogens (primary N) is 1. The summed E-state index contributed by atoms with van der Waals surface area (Å²) in [4.78, 5) is 29.5. The Kier molecular flexibility index (Phi) is 8.81. The number of nitrogens with zero attached hydrogens (tertiary/aromatic N) is 2. The van der Waals surface area contributed by atoms with Gasteiger partial charge in [0.05, 0.1) is 18.9 Å². The topological polar surface area (TPSA) is 112 Å². The second kappa shape index (κ2) is 12.2. The maximum atomic E-state index is 13.1. The average Bonchev–Trinajstić information content (AvgIpc) is 2.91. The van der Waals surface area contributed by atoms with E-state index in [0.29, 0.717) is 84.4 Å². The molecule has 11 heteroatoms. The maximum absolute atomic E-state index is 13.1. The predicted molar refractivity (Wildman–Crippen MR) is 145 cm³/mol. The molecule has 0 atom stereocenters. The number of hydrogen-bond acceptors (Lipinski definition) is 7. The number of hydrogen-bond donors (Lipinski definition) is 4. The lowest BCUT2D eigenvalue weighted by molar-refractivity contribution is -0.113. The van der Waals surface area contributed by atoms with Crippen LogP contribution in [0, 0.1) is 0 Å². The van der Waals surface area contributed by atoms with Crippen molar-refractivity contribution in [3.8, 4) is 0 Å². The monoisotopic (exact) mass is 544 g/mol. The van der Waals surface area contributed by atoms with Crippen molar-refractivity contribution in [2.75, 3.05) is 51.8 Å². The van der Waals surface area contributed by atoms with Crippen molar-refractivity contribution in [2.24, 2.45) is 5.73 Å². The molecule has 2 aliphatic rings. The smallest absolute Gasteiger partial charge is 0.271 e. The molecule has 2 aromatic rings. The van der Waals surface area contributed by atoms with E-state index in [4.69, 9.17) is 33.7 Å². The van der Waals surface area contributed by atoms with Crippen LogP contribution >= 0.6 is 23.2 Å². The lowest BCUT2D eigenvalue weighted by atomic mass is 10.1. The first kappa shape index (κ1) is 26.7. The molecule has 0 radical (unpaired) electrons. The van der Waals surface area contributed by atoms with Gasteiger partial charge in [-0.25, -0.2) is 0 Å². The van der Waals surface area contributed by atoms with E-state index < -0.39 is 0 Å². The quantitative estimate of drug-likeness (QED) is 0.396. The molecule has 0 aliphatic carbocycles. The summed E-state index contributed by atoms with van der Waals surface area (Å²) in [5.41, 5.74) is 9.24. The van der Waals surface area contributed by atoms with Gasteiger partial charge in [0.2, 0.25) is 0 Å². The van der Waals surface area contributed by atoms with Crippen molar-refractivity contribution < 1.29 is 14.3 Å². The largest absolute Gasteiger partial charge is 0.384 e. The van der Waals surface area contributed by atoms with Crippen LogP contribution in [0.15, 0.2) is 65.8 Å². The molecule has 2 aliphatic heterocycles. The number of rotatable bonds is 7. The van der Waals surface area contributed by atoms with Crippen LogP contribution in [0.25, 0.3) is 0 Å². The van der Waals surface area contributed by atoms with Crippen molar-refractivity contribution in [3.63, 3.8) is 0 Å². The Morgan fingerprint density at radius 2 is 1.84 bits per heavy atom. The lowest BCUT2D eigenvalue weighted by Crippen LogP contribution is -2.41. The summed E-state index contributed by atoms with van der Waals surface area (Å²) in [6.07, 6.45) is 1.70. The van der Waals surface area contributed by atoms with Gasteiger partial charge in [0.25, 0.3) is 11.8 Å². The summed E-state index contributed by atoms with van der Waals surface area (Å²) in [5, 5.41) is 10.2. The van der Waals surface area contributed by atoms with E-state index in [-0.39, 0.29) is 11.8 Å². The van der Waals surface area contributed by atoms with Gasteiger partial charge in [-0.1, -0.05) is 23.2 Å². The first-order chi connectivity index (χ1) is 17.9. The molecular formula is C26H30Cl2N6O3. The van der Waals surface area contributed by atoms with Crippen LogP contribution in [0.1, 0.15) is 15.9 Å². The second-order valence-electron chi connectivity index (χ2n) is 8.63. The molecule has 5 N–H and O–H groups in total. The maximum Gasteiger partial charge on any atom is 0.271 e. The van der Waals surface area contributed by atoms with E-state index in [9.17, 15) is 9.59 Å². The van der Waals surface area contributed by atoms with Gasteiger partial charge >= 0.3 is 0 Å². The van der Waals surface area contributed by atoms with Crippen LogP contribution in [0.5, 0.6) is 0 Å². The van der Waals surface area contributed by atoms with Gasteiger partial charge in [-0.15, -0.1) is 0 Å². The summed E-state index contributed by atoms with van der Waals surface area (Å²) < 4.78 is 5.31. The van der Waals surface area contributed by atoms with Gasteiger partial charge in [-0.05, 0) is 54.1 Å². The summed E-state index contributed by atoms with van der Waals surface area (Å²) in [7, 11) is 1.67. The van der Waals surface area contributed by atoms with Gasteiger partial charge in [0, 0.05) is 61.1 Å². The highest BCUT2D eigenvalue weighted by Crippen LogP contribution is 2.25. The van der Waals surface area contributed by atoms with Crippen LogP contribution in [0.2, 0.25) is 10.0 Å². The third-order valence-electron chi connectivity index (χ3n) is 6.17. The molecule has 4 rings (SSSR count). The molecule has 1 saturated heterocycles. The van der Waals surface area contributed by atoms with Gasteiger partial charge in [-0.2, -0.15) is 0 Å². The first-order valence-corrected chi connectivity index (χ1v) is 12.7. The average molecular weight is 545 g/mol. The number of ether oxygens (including phenoxy) is 1. The summed E-state index contributed by atoms with van der Waals surface area (Å²) in [6.45, 7) is 4.01. The number of anilines is 1. The fourth-order valence-electron chi connectivity index (χ4n) is 4.14. The molecule has 9 nitrogen and oxygen atoms in total. The Bertz CT molecular complexity index is 1210. The summed E-state index contributed by atoms with van der Waals surface area (Å²) in [6, 6.07) is 12.2. The van der Waals surface area contributed by atoms with Crippen LogP contribution in [-0.4, -0.2) is 68.1 Å². The minimum atomic E-state index is -0.346. The number of benzene rings is 2. The molecule has 1 fully saturated rings. The number of amides is 2. The Morgan fingerprint density at radius 3 is 2.54 bits per heavy atom. The Morgan fingerprint density at radius 1 is 1.11 bits per heavy atom. The minimum Gasteiger partial charge on any atom is -0.384 e. The molecule has 0 bridgehead atoms. The normalized spacial score (nSPS) is 16.4. The highest BCUT2D eigenvalue weighted by molar-refractivity contribution is 6.33. The molecule has 37 heavy (non-hydrogen) atoms. The highest BCUT2D eigenvalue weighted by Gasteiger charge is 2.21. The molecule has 2 heterocycles. The highest BCUT2D eigenvalue weighted by atomic mass is 35.5. The molecule has 2 amide bonds. The van der Waals surface area contributed by atoms with Gasteiger partial charge < -0.3 is 36.2 Å². The number of carbonyl (C=O) groups excluding carboxylic acids is 2. The van der Waals surface area contributed by atoms with Crippen molar-refractivity contribution >= 4 is 40.7 Å². The molecule has 0 saturated carbocycles. The molecule has 196 valence electrons. The first-order valence-electron chi connectivity index (χ1n) is 12.0. The van der Waals surface area contributed by atoms with Gasteiger partial charge in [0.15, 0.2) is 0 Å². The van der Waals surface area contributed by atoms with Crippen molar-refractivity contribution in [3.05, 3.63) is 86.9 Å². The molecule has 0 unspecified atom stereocenters. The molecule has 0 spiro atoms. The van der Waals surface area contributed by atoms with E-state index in [1.165, 1.54) is 0 Å². The number of halogens is 2. The minimum absolute atomic E-state index is 0.0518. The lowest BCUT2D eigenvalue weighted by Gasteiger charge is -2.32. The van der Waals surface area contributed by atoms with Crippen LogP contribution in [-0.2, 0) is 16.1 Å². The Hall–Kier alpha value is -3.40. The zero-order valence-corrected chi connectivity index (χ0v) is 22.0. The Balaban J connectivity index is 1.47. The van der Waals surface area contributed by atoms with Gasteiger partial charge in [0.1, 0.15) is 11.5 Å². The number of likely N-dealkylation sites (N-methyl/N-ethyl adjacent to an activating group) is 1. The van der Waals surface area contributed by atoms with E-state index in [0.717, 1.165) is 5.56 Å². The van der Waals surface area contributed by atoms with Crippen molar-refractivity contribution in [2.45, 2.75) is 6.54 Å². The summed E-state index contributed by atoms with van der Waals surface area (Å²) in [5.74, 6) is 0.0568. The summed E-state index contributed by atoms with van der Waals surface area (Å²) >= 11 is 12.5. The Labute approximate surface area is 226 Å². The molecule has 0 aromatic heterocycles. The van der Waals surface area contributed by atoms with Crippen LogP contribution < -0.4 is 21.7 Å². The van der Waals surface area contributed by atoms with E-state index in [1.54, 1.807) is 54.4 Å². The molecule has 2 aromatic carbocycles. The van der Waals surface area contributed by atoms with Crippen molar-refractivity contribution in [1.29, 1.82) is 0 Å².